The number of ether oxygens (including phenoxy) is 1. The fourth-order valence-corrected chi connectivity index (χ4v) is 4.22. The predicted octanol–water partition coefficient (Wildman–Crippen LogP) is 6.05. The van der Waals surface area contributed by atoms with Crippen molar-refractivity contribution in [3.05, 3.63) is 57.8 Å². The molecule has 1 aliphatic rings. The van der Waals surface area contributed by atoms with Gasteiger partial charge in [0.15, 0.2) is 5.75 Å². The molecule has 0 spiro atoms. The Morgan fingerprint density at radius 2 is 1.65 bits per heavy atom. The number of para-hydroxylation sites is 1. The van der Waals surface area contributed by atoms with Gasteiger partial charge in [0.1, 0.15) is 6.61 Å². The molecule has 0 aliphatic heterocycles. The van der Waals surface area contributed by atoms with Crippen molar-refractivity contribution in [2.45, 2.75) is 51.0 Å². The highest BCUT2D eigenvalue weighted by Crippen LogP contribution is 2.34. The molecule has 6 heteroatoms. The largest absolute Gasteiger partial charge is 0.484 e. The van der Waals surface area contributed by atoms with Crippen molar-refractivity contribution in [2.75, 3.05) is 0 Å². The Morgan fingerprint density at radius 1 is 0.962 bits per heavy atom. The predicted molar refractivity (Wildman–Crippen MR) is 104 cm³/mol. The fraction of sp³-hybridized carbons (Fsp3) is 0.400. The second-order valence-electron chi connectivity index (χ2n) is 6.82. The molecule has 1 saturated carbocycles. The van der Waals surface area contributed by atoms with Crippen LogP contribution in [0.5, 0.6) is 5.75 Å². The van der Waals surface area contributed by atoms with E-state index < -0.39 is 0 Å². The van der Waals surface area contributed by atoms with Gasteiger partial charge < -0.3 is 4.74 Å². The third kappa shape index (κ3) is 3.53. The van der Waals surface area contributed by atoms with E-state index in [0.29, 0.717) is 28.3 Å². The molecular formula is C20H21Cl2N3O. The van der Waals surface area contributed by atoms with Crippen LogP contribution in [-0.2, 0) is 6.61 Å². The van der Waals surface area contributed by atoms with Crippen molar-refractivity contribution >= 4 is 28.7 Å². The Labute approximate surface area is 163 Å². The fourth-order valence-electron chi connectivity index (χ4n) is 3.71. The van der Waals surface area contributed by atoms with Crippen molar-refractivity contribution in [1.82, 2.24) is 14.8 Å². The Kier molecular flexibility index (Phi) is 5.32. The van der Waals surface area contributed by atoms with Gasteiger partial charge in [-0.3, -0.25) is 0 Å². The van der Waals surface area contributed by atoms with Gasteiger partial charge in [0.2, 0.25) is 0 Å². The summed E-state index contributed by atoms with van der Waals surface area (Å²) in [5.74, 6) is 1.00. The molecule has 0 saturated heterocycles. The van der Waals surface area contributed by atoms with E-state index in [4.69, 9.17) is 27.9 Å². The second kappa shape index (κ2) is 7.85. The first-order valence-electron chi connectivity index (χ1n) is 9.14. The van der Waals surface area contributed by atoms with Crippen LogP contribution in [0.25, 0.3) is 5.52 Å². The lowest BCUT2D eigenvalue weighted by Crippen LogP contribution is -2.04. The van der Waals surface area contributed by atoms with Gasteiger partial charge in [0, 0.05) is 5.92 Å². The van der Waals surface area contributed by atoms with Crippen molar-refractivity contribution in [3.8, 4) is 5.75 Å². The van der Waals surface area contributed by atoms with Crippen LogP contribution in [0.3, 0.4) is 0 Å². The molecule has 3 aromatic rings. The standard InChI is InChI=1S/C20H21Cl2N3O/c21-16-10-6-11-17(22)20(16)26-13-15-9-5-12-18-19(23-24-25(15)18)14-7-3-1-2-4-8-14/h5-6,9-12,14H,1-4,7-8,13H2. The van der Waals surface area contributed by atoms with Crippen LogP contribution >= 0.6 is 23.2 Å². The van der Waals surface area contributed by atoms with Crippen molar-refractivity contribution in [2.24, 2.45) is 0 Å². The number of benzene rings is 1. The average molecular weight is 390 g/mol. The molecule has 1 fully saturated rings. The molecule has 0 N–H and O–H groups in total. The van der Waals surface area contributed by atoms with Crippen LogP contribution in [0.4, 0.5) is 0 Å². The summed E-state index contributed by atoms with van der Waals surface area (Å²) in [6.07, 6.45) is 7.60. The van der Waals surface area contributed by atoms with Gasteiger partial charge in [0.25, 0.3) is 0 Å². The summed E-state index contributed by atoms with van der Waals surface area (Å²) < 4.78 is 7.76. The van der Waals surface area contributed by atoms with Gasteiger partial charge in [-0.25, -0.2) is 4.52 Å². The summed E-state index contributed by atoms with van der Waals surface area (Å²) in [4.78, 5) is 0. The molecule has 26 heavy (non-hydrogen) atoms. The summed E-state index contributed by atoms with van der Waals surface area (Å²) in [6.45, 7) is 0.328. The average Bonchev–Trinajstić information content (AvgIpc) is 2.89. The molecule has 2 heterocycles. The Morgan fingerprint density at radius 3 is 2.38 bits per heavy atom. The smallest absolute Gasteiger partial charge is 0.157 e. The molecule has 4 nitrogen and oxygen atoms in total. The topological polar surface area (TPSA) is 39.4 Å². The first kappa shape index (κ1) is 17.6. The molecular weight excluding hydrogens is 369 g/mol. The third-order valence-electron chi connectivity index (χ3n) is 5.07. The van der Waals surface area contributed by atoms with Crippen LogP contribution < -0.4 is 4.74 Å². The normalized spacial score (nSPS) is 15.9. The van der Waals surface area contributed by atoms with Crippen LogP contribution in [0.2, 0.25) is 10.0 Å². The zero-order valence-electron chi connectivity index (χ0n) is 14.5. The number of hydrogen-bond acceptors (Lipinski definition) is 3. The Balaban J connectivity index is 1.60. The van der Waals surface area contributed by atoms with Crippen molar-refractivity contribution in [1.29, 1.82) is 0 Å². The summed E-state index contributed by atoms with van der Waals surface area (Å²) in [5.41, 5.74) is 3.11. The first-order chi connectivity index (χ1) is 12.7. The lowest BCUT2D eigenvalue weighted by molar-refractivity contribution is 0.298. The SMILES string of the molecule is Clc1cccc(Cl)c1OCc1cccc2c(C3CCCCCC3)nnn12. The minimum Gasteiger partial charge on any atom is -0.484 e. The first-order valence-corrected chi connectivity index (χ1v) is 9.89. The van der Waals surface area contributed by atoms with Gasteiger partial charge in [0.05, 0.1) is 26.9 Å². The van der Waals surface area contributed by atoms with Gasteiger partial charge in [-0.1, -0.05) is 66.2 Å². The Hall–Kier alpha value is -1.78. The number of pyridine rings is 1. The van der Waals surface area contributed by atoms with E-state index in [1.807, 2.05) is 16.6 Å². The molecule has 1 aromatic carbocycles. The highest BCUT2D eigenvalue weighted by Gasteiger charge is 2.21. The second-order valence-corrected chi connectivity index (χ2v) is 7.63. The molecule has 0 atom stereocenters. The monoisotopic (exact) mass is 389 g/mol. The van der Waals surface area contributed by atoms with Gasteiger partial charge >= 0.3 is 0 Å². The van der Waals surface area contributed by atoms with E-state index >= 15 is 0 Å². The van der Waals surface area contributed by atoms with Crippen molar-refractivity contribution in [3.63, 3.8) is 0 Å². The minimum absolute atomic E-state index is 0.328. The number of nitrogens with zero attached hydrogens (tertiary/aromatic N) is 3. The maximum atomic E-state index is 6.19. The van der Waals surface area contributed by atoms with Gasteiger partial charge in [-0.15, -0.1) is 5.10 Å². The van der Waals surface area contributed by atoms with E-state index in [1.165, 1.54) is 38.5 Å². The quantitative estimate of drug-likeness (QED) is 0.509. The van der Waals surface area contributed by atoms with Gasteiger partial charge in [-0.2, -0.15) is 0 Å². The van der Waals surface area contributed by atoms with E-state index in [1.54, 1.807) is 18.2 Å². The zero-order valence-corrected chi connectivity index (χ0v) is 16.0. The lowest BCUT2D eigenvalue weighted by atomic mass is 9.96. The molecule has 4 rings (SSSR count). The number of hydrogen-bond donors (Lipinski definition) is 0. The van der Waals surface area contributed by atoms with Crippen LogP contribution in [0.1, 0.15) is 55.8 Å². The molecule has 1 aliphatic carbocycles. The summed E-state index contributed by atoms with van der Waals surface area (Å²) in [7, 11) is 0. The number of aromatic nitrogens is 3. The van der Waals surface area contributed by atoms with E-state index in [9.17, 15) is 0 Å². The van der Waals surface area contributed by atoms with Crippen LogP contribution in [0.15, 0.2) is 36.4 Å². The van der Waals surface area contributed by atoms with Crippen LogP contribution in [0, 0.1) is 0 Å². The molecule has 0 bridgehead atoms. The molecule has 2 aromatic heterocycles. The molecule has 0 unspecified atom stereocenters. The van der Waals surface area contributed by atoms with Crippen molar-refractivity contribution < 1.29 is 4.74 Å². The van der Waals surface area contributed by atoms with Crippen LogP contribution in [-0.4, -0.2) is 14.8 Å². The molecule has 136 valence electrons. The lowest BCUT2D eigenvalue weighted by Gasteiger charge is -2.12. The molecule has 0 radical (unpaired) electrons. The number of halogens is 2. The highest BCUT2D eigenvalue weighted by molar-refractivity contribution is 6.37. The summed E-state index contributed by atoms with van der Waals surface area (Å²) >= 11 is 12.4. The maximum Gasteiger partial charge on any atom is 0.157 e. The van der Waals surface area contributed by atoms with E-state index in [2.05, 4.69) is 16.4 Å². The molecule has 0 amide bonds. The van der Waals surface area contributed by atoms with Gasteiger partial charge in [-0.05, 0) is 37.1 Å². The summed E-state index contributed by atoms with van der Waals surface area (Å²) in [5, 5.41) is 9.92. The number of fused-ring (bicyclic) bond motifs is 1. The summed E-state index contributed by atoms with van der Waals surface area (Å²) in [6, 6.07) is 11.4. The zero-order chi connectivity index (χ0) is 17.9. The minimum atomic E-state index is 0.328. The van der Waals surface area contributed by atoms with E-state index in [-0.39, 0.29) is 0 Å². The maximum absolute atomic E-state index is 6.19. The number of rotatable bonds is 4. The Bertz CT molecular complexity index is 881. The third-order valence-corrected chi connectivity index (χ3v) is 5.67. The van der Waals surface area contributed by atoms with E-state index in [0.717, 1.165) is 16.9 Å². The highest BCUT2D eigenvalue weighted by atomic mass is 35.5.